The monoisotopic (exact) mass is 414 g/mol. The summed E-state index contributed by atoms with van der Waals surface area (Å²) in [6.45, 7) is 0.695. The normalized spacial score (nSPS) is 15.3. The Morgan fingerprint density at radius 2 is 1.79 bits per heavy atom. The summed E-state index contributed by atoms with van der Waals surface area (Å²) in [7, 11) is 4.84. The average molecular weight is 415 g/mol. The number of benzene rings is 2. The summed E-state index contributed by atoms with van der Waals surface area (Å²) in [4.78, 5) is 19.4. The lowest BCUT2D eigenvalue weighted by Gasteiger charge is -2.28. The van der Waals surface area contributed by atoms with E-state index in [0.717, 1.165) is 34.3 Å². The van der Waals surface area contributed by atoms with E-state index in [0.29, 0.717) is 30.9 Å². The van der Waals surface area contributed by atoms with E-state index in [4.69, 9.17) is 19.2 Å². The van der Waals surface area contributed by atoms with Crippen molar-refractivity contribution >= 4 is 28.5 Å². The topological polar surface area (TPSA) is 60.4 Å². The zero-order chi connectivity index (χ0) is 20.6. The number of amides is 1. The molecule has 7 heteroatoms. The van der Waals surface area contributed by atoms with Gasteiger partial charge in [0.25, 0.3) is 0 Å². The number of amidine groups is 1. The summed E-state index contributed by atoms with van der Waals surface area (Å²) >= 11 is 1.61. The lowest BCUT2D eigenvalue weighted by Crippen LogP contribution is -2.39. The van der Waals surface area contributed by atoms with E-state index in [1.54, 1.807) is 38.0 Å². The highest BCUT2D eigenvalue weighted by molar-refractivity contribution is 8.13. The number of ether oxygens (including phenoxy) is 3. The first-order valence-corrected chi connectivity index (χ1v) is 10.5. The second-order valence-electron chi connectivity index (χ2n) is 6.53. The molecule has 2 aromatic rings. The molecule has 154 valence electrons. The first kappa shape index (κ1) is 21.0. The van der Waals surface area contributed by atoms with Crippen molar-refractivity contribution in [2.75, 3.05) is 33.6 Å². The Kier molecular flexibility index (Phi) is 7.41. The number of thioether (sulfide) groups is 1. The molecule has 0 unspecified atom stereocenters. The van der Waals surface area contributed by atoms with E-state index in [9.17, 15) is 4.79 Å². The molecule has 1 saturated heterocycles. The van der Waals surface area contributed by atoms with Gasteiger partial charge >= 0.3 is 0 Å². The van der Waals surface area contributed by atoms with Gasteiger partial charge in [-0.15, -0.1) is 0 Å². The zero-order valence-electron chi connectivity index (χ0n) is 17.0. The molecule has 0 saturated carbocycles. The number of nitrogens with zero attached hydrogens (tertiary/aromatic N) is 2. The quantitative estimate of drug-likeness (QED) is 0.676. The van der Waals surface area contributed by atoms with Crippen molar-refractivity contribution in [1.29, 1.82) is 0 Å². The molecular weight excluding hydrogens is 388 g/mol. The van der Waals surface area contributed by atoms with Crippen LogP contribution in [-0.4, -0.2) is 49.6 Å². The number of hydrogen-bond donors (Lipinski definition) is 0. The predicted octanol–water partition coefficient (Wildman–Crippen LogP) is 4.30. The summed E-state index contributed by atoms with van der Waals surface area (Å²) in [5.74, 6) is 3.13. The van der Waals surface area contributed by atoms with Crippen molar-refractivity contribution in [3.63, 3.8) is 0 Å². The number of aliphatic imine (C=N–C) groups is 1. The second-order valence-corrected chi connectivity index (χ2v) is 7.59. The van der Waals surface area contributed by atoms with Crippen LogP contribution in [-0.2, 0) is 11.2 Å². The first-order valence-electron chi connectivity index (χ1n) is 9.51. The molecule has 29 heavy (non-hydrogen) atoms. The summed E-state index contributed by atoms with van der Waals surface area (Å²) in [6.07, 6.45) is 2.09. The molecule has 1 heterocycles. The molecule has 2 aromatic carbocycles. The summed E-state index contributed by atoms with van der Waals surface area (Å²) < 4.78 is 15.8. The number of hydrogen-bond acceptors (Lipinski definition) is 6. The molecule has 3 rings (SSSR count). The van der Waals surface area contributed by atoms with Crippen LogP contribution in [0, 0.1) is 0 Å². The number of rotatable bonds is 7. The molecule has 1 aliphatic rings. The SMILES string of the molecule is COc1ccc(CCC(=O)N2CCCSC2=Nc2ccc(OC)c(OC)c2)cc1. The first-order chi connectivity index (χ1) is 14.1. The molecule has 0 atom stereocenters. The minimum absolute atomic E-state index is 0.0900. The van der Waals surface area contributed by atoms with Crippen molar-refractivity contribution < 1.29 is 19.0 Å². The van der Waals surface area contributed by atoms with E-state index in [-0.39, 0.29) is 5.91 Å². The smallest absolute Gasteiger partial charge is 0.228 e. The fraction of sp³-hybridized carbons (Fsp3) is 0.364. The van der Waals surface area contributed by atoms with Crippen LogP contribution >= 0.6 is 11.8 Å². The maximum atomic E-state index is 12.9. The van der Waals surface area contributed by atoms with Crippen LogP contribution in [0.5, 0.6) is 17.2 Å². The summed E-state index contributed by atoms with van der Waals surface area (Å²) in [6, 6.07) is 13.3. The van der Waals surface area contributed by atoms with Gasteiger partial charge in [-0.3, -0.25) is 9.69 Å². The van der Waals surface area contributed by atoms with Crippen LogP contribution < -0.4 is 14.2 Å². The standard InChI is InChI=1S/C22H26N2O4S/c1-26-18-9-5-16(6-10-18)7-12-21(25)24-13-4-14-29-22(24)23-17-8-11-19(27-2)20(15-17)28-3/h5-6,8-11,15H,4,7,12-14H2,1-3H3. The molecule has 0 aromatic heterocycles. The Labute approximate surface area is 175 Å². The van der Waals surface area contributed by atoms with E-state index in [1.165, 1.54) is 0 Å². The summed E-state index contributed by atoms with van der Waals surface area (Å²) in [5, 5.41) is 0.739. The molecule has 0 bridgehead atoms. The Bertz CT molecular complexity index is 868. The van der Waals surface area contributed by atoms with E-state index < -0.39 is 0 Å². The van der Waals surface area contributed by atoms with Crippen molar-refractivity contribution in [3.05, 3.63) is 48.0 Å². The van der Waals surface area contributed by atoms with Gasteiger partial charge in [0.1, 0.15) is 5.75 Å². The number of methoxy groups -OCH3 is 3. The average Bonchev–Trinajstić information content (AvgIpc) is 2.78. The number of aryl methyl sites for hydroxylation is 1. The third kappa shape index (κ3) is 5.44. The molecule has 0 radical (unpaired) electrons. The lowest BCUT2D eigenvalue weighted by molar-refractivity contribution is -0.127. The Morgan fingerprint density at radius 3 is 2.48 bits per heavy atom. The number of carbonyl (C=O) groups excluding carboxylic acids is 1. The fourth-order valence-electron chi connectivity index (χ4n) is 3.07. The molecule has 0 aliphatic carbocycles. The van der Waals surface area contributed by atoms with Gasteiger partial charge in [-0.05, 0) is 42.7 Å². The van der Waals surface area contributed by atoms with E-state index in [2.05, 4.69) is 0 Å². The minimum Gasteiger partial charge on any atom is -0.497 e. The van der Waals surface area contributed by atoms with Crippen LogP contribution in [0.4, 0.5) is 5.69 Å². The maximum Gasteiger partial charge on any atom is 0.228 e. The van der Waals surface area contributed by atoms with Crippen LogP contribution in [0.2, 0.25) is 0 Å². The molecule has 1 fully saturated rings. The van der Waals surface area contributed by atoms with Crippen LogP contribution in [0.15, 0.2) is 47.5 Å². The van der Waals surface area contributed by atoms with Crippen LogP contribution in [0.25, 0.3) is 0 Å². The third-order valence-corrected chi connectivity index (χ3v) is 5.73. The van der Waals surface area contributed by atoms with Crippen molar-refractivity contribution in [1.82, 2.24) is 4.90 Å². The van der Waals surface area contributed by atoms with Crippen LogP contribution in [0.3, 0.4) is 0 Å². The van der Waals surface area contributed by atoms with E-state index in [1.807, 2.05) is 42.5 Å². The van der Waals surface area contributed by atoms with Crippen molar-refractivity contribution in [2.45, 2.75) is 19.3 Å². The van der Waals surface area contributed by atoms with Crippen LogP contribution in [0.1, 0.15) is 18.4 Å². The summed E-state index contributed by atoms with van der Waals surface area (Å²) in [5.41, 5.74) is 1.85. The highest BCUT2D eigenvalue weighted by atomic mass is 32.2. The Hall–Kier alpha value is -2.67. The van der Waals surface area contributed by atoms with Gasteiger partial charge < -0.3 is 14.2 Å². The molecule has 1 aliphatic heterocycles. The van der Waals surface area contributed by atoms with E-state index >= 15 is 0 Å². The zero-order valence-corrected chi connectivity index (χ0v) is 17.8. The van der Waals surface area contributed by atoms with Gasteiger partial charge in [-0.25, -0.2) is 4.99 Å². The molecule has 0 N–H and O–H groups in total. The molecule has 0 spiro atoms. The largest absolute Gasteiger partial charge is 0.497 e. The predicted molar refractivity (Wildman–Crippen MR) is 117 cm³/mol. The fourth-order valence-corrected chi connectivity index (χ4v) is 4.04. The van der Waals surface area contributed by atoms with Gasteiger partial charge in [0.15, 0.2) is 16.7 Å². The van der Waals surface area contributed by atoms with Gasteiger partial charge in [-0.2, -0.15) is 0 Å². The van der Waals surface area contributed by atoms with Gasteiger partial charge in [0.2, 0.25) is 5.91 Å². The Morgan fingerprint density at radius 1 is 1.03 bits per heavy atom. The van der Waals surface area contributed by atoms with Gasteiger partial charge in [0, 0.05) is 24.8 Å². The highest BCUT2D eigenvalue weighted by Gasteiger charge is 2.23. The second kappa shape index (κ2) is 10.2. The third-order valence-electron chi connectivity index (χ3n) is 4.67. The molecule has 1 amide bonds. The van der Waals surface area contributed by atoms with Crippen molar-refractivity contribution in [3.8, 4) is 17.2 Å². The Balaban J connectivity index is 1.71. The maximum absolute atomic E-state index is 12.9. The van der Waals surface area contributed by atoms with Gasteiger partial charge in [0.05, 0.1) is 27.0 Å². The van der Waals surface area contributed by atoms with Gasteiger partial charge in [-0.1, -0.05) is 23.9 Å². The lowest BCUT2D eigenvalue weighted by atomic mass is 10.1. The number of carbonyl (C=O) groups is 1. The minimum atomic E-state index is 0.0900. The molecule has 6 nitrogen and oxygen atoms in total. The van der Waals surface area contributed by atoms with Crippen molar-refractivity contribution in [2.24, 2.45) is 4.99 Å². The molecular formula is C22H26N2O4S. The highest BCUT2D eigenvalue weighted by Crippen LogP contribution is 2.32.